The van der Waals surface area contributed by atoms with Gasteiger partial charge in [0, 0.05) is 24.8 Å². The molecule has 0 atom stereocenters. The van der Waals surface area contributed by atoms with Crippen LogP contribution in [-0.4, -0.2) is 49.7 Å². The fourth-order valence-electron chi connectivity index (χ4n) is 2.60. The minimum Gasteiger partial charge on any atom is -0.497 e. The van der Waals surface area contributed by atoms with Crippen LogP contribution < -0.4 is 14.8 Å². The van der Waals surface area contributed by atoms with Gasteiger partial charge in [0.15, 0.2) is 0 Å². The summed E-state index contributed by atoms with van der Waals surface area (Å²) in [6, 6.07) is 15.4. The molecule has 140 valence electrons. The van der Waals surface area contributed by atoms with E-state index >= 15 is 0 Å². The second-order valence-corrected chi connectivity index (χ2v) is 5.72. The molecular formula is C20H22N4O3. The number of methoxy groups -OCH3 is 3. The fraction of sp³-hybridized carbons (Fsp3) is 0.250. The lowest BCUT2D eigenvalue weighted by atomic mass is 10.0. The van der Waals surface area contributed by atoms with E-state index < -0.39 is 0 Å². The van der Waals surface area contributed by atoms with E-state index in [0.29, 0.717) is 30.5 Å². The van der Waals surface area contributed by atoms with Crippen LogP contribution in [0.1, 0.15) is 0 Å². The predicted octanol–water partition coefficient (Wildman–Crippen LogP) is 3.28. The van der Waals surface area contributed by atoms with Crippen molar-refractivity contribution in [3.63, 3.8) is 0 Å². The summed E-state index contributed by atoms with van der Waals surface area (Å²) < 4.78 is 15.7. The first-order valence-electron chi connectivity index (χ1n) is 8.51. The van der Waals surface area contributed by atoms with Gasteiger partial charge in [0.05, 0.1) is 20.8 Å². The van der Waals surface area contributed by atoms with Crippen molar-refractivity contribution in [2.24, 2.45) is 0 Å². The van der Waals surface area contributed by atoms with Gasteiger partial charge in [0.25, 0.3) is 0 Å². The maximum absolute atomic E-state index is 5.35. The van der Waals surface area contributed by atoms with Crippen molar-refractivity contribution in [1.29, 1.82) is 0 Å². The third kappa shape index (κ3) is 4.51. The molecule has 7 heteroatoms. The minimum absolute atomic E-state index is 0.441. The van der Waals surface area contributed by atoms with Crippen molar-refractivity contribution in [1.82, 2.24) is 15.2 Å². The Bertz CT molecular complexity index is 902. The topological polar surface area (TPSA) is 78.4 Å². The quantitative estimate of drug-likeness (QED) is 0.613. The van der Waals surface area contributed by atoms with E-state index in [1.807, 2.05) is 48.5 Å². The molecule has 1 N–H and O–H groups in total. The number of hydrogen-bond donors (Lipinski definition) is 1. The Balaban J connectivity index is 2.08. The predicted molar refractivity (Wildman–Crippen MR) is 104 cm³/mol. The summed E-state index contributed by atoms with van der Waals surface area (Å²) in [5.41, 5.74) is 3.13. The van der Waals surface area contributed by atoms with Gasteiger partial charge in [-0.3, -0.25) is 0 Å². The number of ether oxygens (including phenoxy) is 3. The van der Waals surface area contributed by atoms with Crippen LogP contribution in [0, 0.1) is 0 Å². The van der Waals surface area contributed by atoms with Crippen LogP contribution in [0.25, 0.3) is 22.5 Å². The monoisotopic (exact) mass is 366 g/mol. The molecule has 0 spiro atoms. The Labute approximate surface area is 158 Å². The van der Waals surface area contributed by atoms with Crippen LogP contribution in [0.15, 0.2) is 48.5 Å². The Kier molecular flexibility index (Phi) is 6.17. The van der Waals surface area contributed by atoms with Gasteiger partial charge in [0.1, 0.15) is 22.9 Å². The number of benzene rings is 2. The summed E-state index contributed by atoms with van der Waals surface area (Å²) in [5.74, 6) is 1.93. The molecule has 0 saturated heterocycles. The first-order valence-corrected chi connectivity index (χ1v) is 8.51. The maximum Gasteiger partial charge on any atom is 0.243 e. The van der Waals surface area contributed by atoms with Crippen molar-refractivity contribution in [3.05, 3.63) is 48.5 Å². The third-order valence-electron chi connectivity index (χ3n) is 3.96. The summed E-state index contributed by atoms with van der Waals surface area (Å²) in [4.78, 5) is 4.69. The molecule has 3 aromatic rings. The molecule has 2 aromatic carbocycles. The van der Waals surface area contributed by atoms with Crippen molar-refractivity contribution in [2.45, 2.75) is 0 Å². The molecule has 27 heavy (non-hydrogen) atoms. The smallest absolute Gasteiger partial charge is 0.243 e. The SMILES string of the molecule is COCCNc1nnc(-c2cccc(OC)c2)c(-c2cccc(OC)c2)n1. The second kappa shape index (κ2) is 8.95. The lowest BCUT2D eigenvalue weighted by Crippen LogP contribution is -2.12. The van der Waals surface area contributed by atoms with Gasteiger partial charge in [-0.2, -0.15) is 0 Å². The van der Waals surface area contributed by atoms with Gasteiger partial charge >= 0.3 is 0 Å². The third-order valence-corrected chi connectivity index (χ3v) is 3.96. The molecule has 0 radical (unpaired) electrons. The fourth-order valence-corrected chi connectivity index (χ4v) is 2.60. The summed E-state index contributed by atoms with van der Waals surface area (Å²) in [6.07, 6.45) is 0. The molecule has 0 bridgehead atoms. The number of nitrogens with one attached hydrogen (secondary N) is 1. The Morgan fingerprint density at radius 3 is 2.04 bits per heavy atom. The first kappa shape index (κ1) is 18.6. The van der Waals surface area contributed by atoms with Crippen LogP contribution in [0.2, 0.25) is 0 Å². The molecule has 1 aromatic heterocycles. The van der Waals surface area contributed by atoms with E-state index in [4.69, 9.17) is 14.2 Å². The number of nitrogens with zero attached hydrogens (tertiary/aromatic N) is 3. The average Bonchev–Trinajstić information content (AvgIpc) is 2.74. The summed E-state index contributed by atoms with van der Waals surface area (Å²) in [6.45, 7) is 1.14. The zero-order valence-corrected chi connectivity index (χ0v) is 15.6. The summed E-state index contributed by atoms with van der Waals surface area (Å²) in [7, 11) is 4.92. The molecule has 3 rings (SSSR count). The van der Waals surface area contributed by atoms with Gasteiger partial charge in [0.2, 0.25) is 5.95 Å². The van der Waals surface area contributed by atoms with E-state index in [1.165, 1.54) is 0 Å². The van der Waals surface area contributed by atoms with Gasteiger partial charge in [-0.15, -0.1) is 10.2 Å². The molecule has 1 heterocycles. The van der Waals surface area contributed by atoms with Gasteiger partial charge in [-0.25, -0.2) is 4.98 Å². The van der Waals surface area contributed by atoms with Crippen LogP contribution >= 0.6 is 0 Å². The molecule has 0 fully saturated rings. The number of rotatable bonds is 8. The van der Waals surface area contributed by atoms with Gasteiger partial charge in [-0.05, 0) is 24.3 Å². The molecular weight excluding hydrogens is 344 g/mol. The zero-order valence-electron chi connectivity index (χ0n) is 15.6. The molecule has 0 unspecified atom stereocenters. The lowest BCUT2D eigenvalue weighted by Gasteiger charge is -2.12. The van der Waals surface area contributed by atoms with Gasteiger partial charge in [-0.1, -0.05) is 24.3 Å². The standard InChI is InChI=1S/C20H22N4O3/c1-25-11-10-21-20-22-18(14-6-4-8-16(12-14)26-2)19(23-24-20)15-7-5-9-17(13-15)27-3/h4-9,12-13H,10-11H2,1-3H3,(H,21,22,24). The first-order chi connectivity index (χ1) is 13.2. The van der Waals surface area contributed by atoms with Crippen LogP contribution in [0.3, 0.4) is 0 Å². The number of hydrogen-bond acceptors (Lipinski definition) is 7. The van der Waals surface area contributed by atoms with E-state index in [-0.39, 0.29) is 0 Å². The van der Waals surface area contributed by atoms with Crippen LogP contribution in [0.4, 0.5) is 5.95 Å². The normalized spacial score (nSPS) is 10.5. The molecule has 0 aliphatic carbocycles. The van der Waals surface area contributed by atoms with E-state index in [1.54, 1.807) is 21.3 Å². The second-order valence-electron chi connectivity index (χ2n) is 5.72. The van der Waals surface area contributed by atoms with E-state index in [2.05, 4.69) is 20.5 Å². The average molecular weight is 366 g/mol. The number of anilines is 1. The van der Waals surface area contributed by atoms with E-state index in [0.717, 1.165) is 22.6 Å². The Hall–Kier alpha value is -3.19. The highest BCUT2D eigenvalue weighted by molar-refractivity contribution is 5.79. The van der Waals surface area contributed by atoms with Crippen molar-refractivity contribution < 1.29 is 14.2 Å². The molecule has 0 saturated carbocycles. The Morgan fingerprint density at radius 1 is 0.815 bits per heavy atom. The highest BCUT2D eigenvalue weighted by atomic mass is 16.5. The molecule has 0 aliphatic rings. The van der Waals surface area contributed by atoms with Crippen molar-refractivity contribution >= 4 is 5.95 Å². The summed E-state index contributed by atoms with van der Waals surface area (Å²) in [5, 5.41) is 11.8. The van der Waals surface area contributed by atoms with Crippen LogP contribution in [-0.2, 0) is 4.74 Å². The highest BCUT2D eigenvalue weighted by Gasteiger charge is 2.15. The zero-order chi connectivity index (χ0) is 19.1. The lowest BCUT2D eigenvalue weighted by molar-refractivity contribution is 0.210. The van der Waals surface area contributed by atoms with Crippen LogP contribution in [0.5, 0.6) is 11.5 Å². The number of aromatic nitrogens is 3. The summed E-state index contributed by atoms with van der Waals surface area (Å²) >= 11 is 0. The van der Waals surface area contributed by atoms with E-state index in [9.17, 15) is 0 Å². The largest absolute Gasteiger partial charge is 0.497 e. The molecule has 7 nitrogen and oxygen atoms in total. The minimum atomic E-state index is 0.441. The Morgan fingerprint density at radius 2 is 1.44 bits per heavy atom. The van der Waals surface area contributed by atoms with Gasteiger partial charge < -0.3 is 19.5 Å². The highest BCUT2D eigenvalue weighted by Crippen LogP contribution is 2.32. The maximum atomic E-state index is 5.35. The molecule has 0 amide bonds. The van der Waals surface area contributed by atoms with Crippen molar-refractivity contribution in [2.75, 3.05) is 39.8 Å². The van der Waals surface area contributed by atoms with Crippen molar-refractivity contribution in [3.8, 4) is 34.0 Å². The molecule has 0 aliphatic heterocycles.